The molecule has 2 aliphatic heterocycles. The third kappa shape index (κ3) is 4.29. The number of rotatable bonds is 3. The lowest BCUT2D eigenvalue weighted by Gasteiger charge is -2.45. The predicted molar refractivity (Wildman–Crippen MR) is 125 cm³/mol. The summed E-state index contributed by atoms with van der Waals surface area (Å²) < 4.78 is 21.4. The SMILES string of the molecule is Cc1cc2c(ccn2C2COC3(CCN(C(=O)OCc4ccccc4)CC3)OC2)cc1Br. The summed E-state index contributed by atoms with van der Waals surface area (Å²) in [4.78, 5) is 14.2. The van der Waals surface area contributed by atoms with Gasteiger partial charge in [0.15, 0.2) is 5.79 Å². The van der Waals surface area contributed by atoms with E-state index in [1.807, 2.05) is 30.3 Å². The van der Waals surface area contributed by atoms with E-state index in [0.29, 0.717) is 39.1 Å². The van der Waals surface area contributed by atoms with E-state index in [0.717, 1.165) is 10.0 Å². The minimum Gasteiger partial charge on any atom is -0.445 e. The number of nitrogens with zero attached hydrogens (tertiary/aromatic N) is 2. The highest BCUT2D eigenvalue weighted by Crippen LogP contribution is 2.35. The van der Waals surface area contributed by atoms with Gasteiger partial charge in [0.05, 0.1) is 19.3 Å². The zero-order chi connectivity index (χ0) is 22.1. The number of aromatic nitrogens is 1. The Morgan fingerprint density at radius 1 is 1.12 bits per heavy atom. The molecule has 2 saturated heterocycles. The Morgan fingerprint density at radius 3 is 2.56 bits per heavy atom. The molecule has 168 valence electrons. The highest BCUT2D eigenvalue weighted by molar-refractivity contribution is 9.10. The first-order valence-corrected chi connectivity index (χ1v) is 11.8. The van der Waals surface area contributed by atoms with Crippen molar-refractivity contribution >= 4 is 32.9 Å². The summed E-state index contributed by atoms with van der Waals surface area (Å²) in [5.41, 5.74) is 3.38. The summed E-state index contributed by atoms with van der Waals surface area (Å²) >= 11 is 3.61. The van der Waals surface area contributed by atoms with E-state index >= 15 is 0 Å². The molecule has 0 unspecified atom stereocenters. The normalized spacial score (nSPS) is 18.9. The summed E-state index contributed by atoms with van der Waals surface area (Å²) in [5, 5.41) is 1.20. The quantitative estimate of drug-likeness (QED) is 0.483. The number of hydrogen-bond acceptors (Lipinski definition) is 4. The first kappa shape index (κ1) is 21.5. The molecule has 2 aromatic carbocycles. The van der Waals surface area contributed by atoms with Crippen LogP contribution in [0.4, 0.5) is 4.79 Å². The first-order valence-electron chi connectivity index (χ1n) is 11.0. The molecule has 6 nitrogen and oxygen atoms in total. The zero-order valence-corrected chi connectivity index (χ0v) is 19.7. The van der Waals surface area contributed by atoms with E-state index in [-0.39, 0.29) is 18.7 Å². The van der Waals surface area contributed by atoms with Crippen molar-refractivity contribution in [1.82, 2.24) is 9.47 Å². The Hall–Kier alpha value is -2.35. The number of hydrogen-bond donors (Lipinski definition) is 0. The number of amides is 1. The maximum atomic E-state index is 12.4. The van der Waals surface area contributed by atoms with Gasteiger partial charge in [-0.1, -0.05) is 46.3 Å². The molecule has 3 heterocycles. The van der Waals surface area contributed by atoms with Crippen molar-refractivity contribution < 1.29 is 19.0 Å². The number of fused-ring (bicyclic) bond motifs is 1. The average molecular weight is 499 g/mol. The molecule has 1 spiro atoms. The molecule has 2 aliphatic rings. The topological polar surface area (TPSA) is 52.9 Å². The van der Waals surface area contributed by atoms with Crippen LogP contribution in [-0.4, -0.2) is 47.7 Å². The number of carbonyl (C=O) groups excluding carboxylic acids is 1. The second kappa shape index (κ2) is 8.89. The lowest BCUT2D eigenvalue weighted by Crippen LogP contribution is -2.53. The Labute approximate surface area is 196 Å². The fraction of sp³-hybridized carbons (Fsp3) is 0.400. The van der Waals surface area contributed by atoms with Gasteiger partial charge < -0.3 is 23.7 Å². The van der Waals surface area contributed by atoms with Gasteiger partial charge in [-0.15, -0.1) is 0 Å². The predicted octanol–water partition coefficient (Wildman–Crippen LogP) is 5.43. The van der Waals surface area contributed by atoms with Crippen molar-refractivity contribution in [1.29, 1.82) is 0 Å². The number of piperidine rings is 1. The van der Waals surface area contributed by atoms with Gasteiger partial charge in [-0.05, 0) is 36.2 Å². The van der Waals surface area contributed by atoms with Crippen molar-refractivity contribution in [2.75, 3.05) is 26.3 Å². The molecule has 0 bridgehead atoms. The minimum absolute atomic E-state index is 0.132. The van der Waals surface area contributed by atoms with Crippen molar-refractivity contribution in [3.8, 4) is 0 Å². The van der Waals surface area contributed by atoms with Crippen LogP contribution in [0, 0.1) is 6.92 Å². The Morgan fingerprint density at radius 2 is 1.84 bits per heavy atom. The molecular formula is C25H27BrN2O4. The van der Waals surface area contributed by atoms with Crippen molar-refractivity contribution in [3.63, 3.8) is 0 Å². The highest BCUT2D eigenvalue weighted by Gasteiger charge is 2.42. The summed E-state index contributed by atoms with van der Waals surface area (Å²) in [6, 6.07) is 16.3. The monoisotopic (exact) mass is 498 g/mol. The smallest absolute Gasteiger partial charge is 0.410 e. The van der Waals surface area contributed by atoms with E-state index in [9.17, 15) is 4.79 Å². The molecule has 2 fully saturated rings. The van der Waals surface area contributed by atoms with Crippen molar-refractivity contribution in [3.05, 3.63) is 70.3 Å². The molecule has 7 heteroatoms. The molecule has 0 N–H and O–H groups in total. The maximum absolute atomic E-state index is 12.4. The lowest BCUT2D eigenvalue weighted by molar-refractivity contribution is -0.293. The summed E-state index contributed by atoms with van der Waals surface area (Å²) in [5.74, 6) is -0.603. The molecule has 0 atom stereocenters. The van der Waals surface area contributed by atoms with Crippen LogP contribution >= 0.6 is 15.9 Å². The fourth-order valence-electron chi connectivity index (χ4n) is 4.47. The second-order valence-corrected chi connectivity index (χ2v) is 9.45. The molecule has 0 saturated carbocycles. The molecular weight excluding hydrogens is 472 g/mol. The molecule has 32 heavy (non-hydrogen) atoms. The van der Waals surface area contributed by atoms with Crippen LogP contribution in [0.3, 0.4) is 0 Å². The standard InChI is InChI=1S/C25H27BrN2O4/c1-18-13-23-20(14-22(18)26)7-10-28(23)21-16-31-25(32-17-21)8-11-27(12-9-25)24(29)30-15-19-5-3-2-4-6-19/h2-7,10,13-14,21H,8-9,11-12,15-17H2,1H3. The van der Waals surface area contributed by atoms with Crippen LogP contribution in [0.15, 0.2) is 59.2 Å². The van der Waals surface area contributed by atoms with E-state index in [1.54, 1.807) is 4.90 Å². The van der Waals surface area contributed by atoms with Gasteiger partial charge in [0, 0.05) is 47.5 Å². The summed E-state index contributed by atoms with van der Waals surface area (Å²) in [6.45, 7) is 4.71. The van der Waals surface area contributed by atoms with E-state index < -0.39 is 5.79 Å². The second-order valence-electron chi connectivity index (χ2n) is 8.60. The molecule has 5 rings (SSSR count). The number of ether oxygens (including phenoxy) is 3. The maximum Gasteiger partial charge on any atom is 0.410 e. The largest absolute Gasteiger partial charge is 0.445 e. The van der Waals surface area contributed by atoms with Gasteiger partial charge in [-0.25, -0.2) is 4.79 Å². The lowest BCUT2D eigenvalue weighted by atomic mass is 10.0. The Kier molecular flexibility index (Phi) is 5.97. The van der Waals surface area contributed by atoms with Crippen LogP contribution in [0.25, 0.3) is 10.9 Å². The van der Waals surface area contributed by atoms with E-state index in [1.165, 1.54) is 16.5 Å². The fourth-order valence-corrected chi connectivity index (χ4v) is 4.83. The Bertz CT molecular complexity index is 1100. The van der Waals surface area contributed by atoms with Crippen LogP contribution in [0.2, 0.25) is 0 Å². The average Bonchev–Trinajstić information content (AvgIpc) is 3.22. The van der Waals surface area contributed by atoms with E-state index in [4.69, 9.17) is 14.2 Å². The van der Waals surface area contributed by atoms with Crippen LogP contribution in [-0.2, 0) is 20.8 Å². The summed E-state index contributed by atoms with van der Waals surface area (Å²) in [6.07, 6.45) is 3.13. The number of halogens is 1. The van der Waals surface area contributed by atoms with Gasteiger partial charge >= 0.3 is 6.09 Å². The third-order valence-electron chi connectivity index (χ3n) is 6.46. The number of likely N-dealkylation sites (tertiary alicyclic amines) is 1. The third-order valence-corrected chi connectivity index (χ3v) is 7.31. The number of benzene rings is 2. The molecule has 1 aromatic heterocycles. The Balaban J connectivity index is 1.16. The van der Waals surface area contributed by atoms with Gasteiger partial charge in [-0.3, -0.25) is 0 Å². The van der Waals surface area contributed by atoms with Gasteiger partial charge in [-0.2, -0.15) is 0 Å². The van der Waals surface area contributed by atoms with Crippen LogP contribution < -0.4 is 0 Å². The van der Waals surface area contributed by atoms with Crippen molar-refractivity contribution in [2.24, 2.45) is 0 Å². The van der Waals surface area contributed by atoms with Gasteiger partial charge in [0.1, 0.15) is 6.61 Å². The number of carbonyl (C=O) groups is 1. The molecule has 0 radical (unpaired) electrons. The van der Waals surface area contributed by atoms with Crippen LogP contribution in [0.5, 0.6) is 0 Å². The first-order chi connectivity index (χ1) is 15.5. The highest BCUT2D eigenvalue weighted by atomic mass is 79.9. The minimum atomic E-state index is -0.603. The van der Waals surface area contributed by atoms with Crippen molar-refractivity contribution in [2.45, 2.75) is 38.2 Å². The molecule has 0 aliphatic carbocycles. The van der Waals surface area contributed by atoms with Crippen LogP contribution in [0.1, 0.15) is 30.0 Å². The number of aryl methyl sites for hydroxylation is 1. The molecule has 1 amide bonds. The molecule has 3 aromatic rings. The van der Waals surface area contributed by atoms with Gasteiger partial charge in [0.2, 0.25) is 0 Å². The summed E-state index contributed by atoms with van der Waals surface area (Å²) in [7, 11) is 0. The van der Waals surface area contributed by atoms with Gasteiger partial charge in [0.25, 0.3) is 0 Å². The zero-order valence-electron chi connectivity index (χ0n) is 18.1. The van der Waals surface area contributed by atoms with E-state index in [2.05, 4.69) is 51.8 Å².